The quantitative estimate of drug-likeness (QED) is 0.632. The molecule has 1 atom stereocenters. The summed E-state index contributed by atoms with van der Waals surface area (Å²) in [5.41, 5.74) is 2.27. The first-order chi connectivity index (χ1) is 12.8. The topological polar surface area (TPSA) is 112 Å². The molecule has 4 rings (SSSR count). The predicted octanol–water partition coefficient (Wildman–Crippen LogP) is -0.171. The van der Waals surface area contributed by atoms with E-state index in [9.17, 15) is 24.2 Å². The molecule has 0 amide bonds. The van der Waals surface area contributed by atoms with Crippen molar-refractivity contribution in [1.29, 1.82) is 0 Å². The van der Waals surface area contributed by atoms with E-state index in [2.05, 4.69) is 0 Å². The van der Waals surface area contributed by atoms with Crippen LogP contribution in [0.25, 0.3) is 10.9 Å². The summed E-state index contributed by atoms with van der Waals surface area (Å²) in [7, 11) is 0. The van der Waals surface area contributed by atoms with Crippen molar-refractivity contribution in [1.82, 2.24) is 4.68 Å². The molecule has 0 bridgehead atoms. The Labute approximate surface area is 152 Å². The highest BCUT2D eigenvalue weighted by molar-refractivity contribution is 5.94. The molecule has 10 heteroatoms. The molecule has 3 heterocycles. The van der Waals surface area contributed by atoms with E-state index in [1.807, 2.05) is 0 Å². The van der Waals surface area contributed by atoms with Gasteiger partial charge in [0.1, 0.15) is 22.6 Å². The molecular weight excluding hydrogens is 362 g/mol. The maximum Gasteiger partial charge on any atom is 0.341 e. The van der Waals surface area contributed by atoms with Gasteiger partial charge in [-0.15, -0.1) is 0 Å². The summed E-state index contributed by atoms with van der Waals surface area (Å²) in [6.45, 7) is 1.23. The van der Waals surface area contributed by atoms with Crippen LogP contribution in [-0.4, -0.2) is 59.2 Å². The zero-order valence-electron chi connectivity index (χ0n) is 14.3. The number of pyridine rings is 1. The Morgan fingerprint density at radius 1 is 1.30 bits per heavy atom. The Balaban J connectivity index is 1.96. The third-order valence-corrected chi connectivity index (χ3v) is 5.13. The zero-order chi connectivity index (χ0) is 19.5. The van der Waals surface area contributed by atoms with E-state index in [0.29, 0.717) is 13.1 Å². The normalized spacial score (nSPS) is 21.9. The second-order valence-corrected chi connectivity index (χ2v) is 6.99. The second kappa shape index (κ2) is 5.89. The SMILES string of the molecule is NCC1(O)CCN(c2c(F)cc3c(=O)c(C(=O)O)cn(N4CC4)c3c2F)C1. The monoisotopic (exact) mass is 380 g/mol. The molecule has 1 aromatic carbocycles. The van der Waals surface area contributed by atoms with E-state index in [0.717, 1.165) is 12.3 Å². The number of carbonyl (C=O) groups is 1. The minimum absolute atomic E-state index is 0.0377. The summed E-state index contributed by atoms with van der Waals surface area (Å²) in [6.07, 6.45) is 1.32. The summed E-state index contributed by atoms with van der Waals surface area (Å²) < 4.78 is 31.4. The molecule has 2 aliphatic rings. The third-order valence-electron chi connectivity index (χ3n) is 5.13. The maximum atomic E-state index is 15.4. The van der Waals surface area contributed by atoms with Crippen LogP contribution < -0.4 is 21.1 Å². The van der Waals surface area contributed by atoms with Crippen molar-refractivity contribution in [3.63, 3.8) is 0 Å². The maximum absolute atomic E-state index is 15.4. The average molecular weight is 380 g/mol. The molecule has 4 N–H and O–H groups in total. The lowest BCUT2D eigenvalue weighted by Crippen LogP contribution is -2.40. The Kier molecular flexibility index (Phi) is 3.86. The third kappa shape index (κ3) is 2.72. The Bertz CT molecular complexity index is 1020. The molecule has 8 nitrogen and oxygen atoms in total. The van der Waals surface area contributed by atoms with Gasteiger partial charge in [0.25, 0.3) is 0 Å². The van der Waals surface area contributed by atoms with Crippen LogP contribution in [-0.2, 0) is 0 Å². The molecule has 144 valence electrons. The van der Waals surface area contributed by atoms with Crippen molar-refractivity contribution >= 4 is 22.6 Å². The van der Waals surface area contributed by atoms with E-state index in [1.54, 1.807) is 5.01 Å². The highest BCUT2D eigenvalue weighted by Gasteiger charge is 2.38. The molecule has 2 saturated heterocycles. The van der Waals surface area contributed by atoms with Crippen LogP contribution in [0, 0.1) is 11.6 Å². The van der Waals surface area contributed by atoms with Gasteiger partial charge >= 0.3 is 5.97 Å². The van der Waals surface area contributed by atoms with Gasteiger partial charge in [-0.3, -0.25) is 9.47 Å². The van der Waals surface area contributed by atoms with Crippen LogP contribution in [0.3, 0.4) is 0 Å². The number of nitrogens with two attached hydrogens (primary N) is 1. The molecule has 2 fully saturated rings. The van der Waals surface area contributed by atoms with Gasteiger partial charge < -0.3 is 25.9 Å². The second-order valence-electron chi connectivity index (χ2n) is 6.99. The van der Waals surface area contributed by atoms with E-state index in [-0.39, 0.29) is 42.6 Å². The number of carboxylic acids is 1. The average Bonchev–Trinajstić information content (AvgIpc) is 3.38. The number of anilines is 1. The van der Waals surface area contributed by atoms with Gasteiger partial charge in [-0.2, -0.15) is 0 Å². The number of rotatable bonds is 4. The minimum Gasteiger partial charge on any atom is -0.477 e. The first-order valence-electron chi connectivity index (χ1n) is 8.49. The molecule has 27 heavy (non-hydrogen) atoms. The van der Waals surface area contributed by atoms with Gasteiger partial charge in [0.05, 0.1) is 24.1 Å². The summed E-state index contributed by atoms with van der Waals surface area (Å²) in [5, 5.41) is 20.8. The molecule has 2 aliphatic heterocycles. The Morgan fingerprint density at radius 2 is 2.00 bits per heavy atom. The van der Waals surface area contributed by atoms with Crippen LogP contribution in [0.5, 0.6) is 0 Å². The number of benzene rings is 1. The lowest BCUT2D eigenvalue weighted by molar-refractivity contribution is 0.0693. The minimum atomic E-state index is -1.46. The van der Waals surface area contributed by atoms with Crippen LogP contribution in [0.1, 0.15) is 16.8 Å². The van der Waals surface area contributed by atoms with Crippen LogP contribution in [0.2, 0.25) is 0 Å². The molecule has 0 radical (unpaired) electrons. The predicted molar refractivity (Wildman–Crippen MR) is 93.9 cm³/mol. The number of nitrogens with zero attached hydrogens (tertiary/aromatic N) is 3. The summed E-state index contributed by atoms with van der Waals surface area (Å²) in [4.78, 5) is 25.1. The van der Waals surface area contributed by atoms with Crippen molar-refractivity contribution in [2.24, 2.45) is 5.73 Å². The number of halogens is 2. The number of β-amino-alcohol motifs (C(OH)–C–C–N with tert-alkyl or cyclic N) is 1. The van der Waals surface area contributed by atoms with E-state index in [1.165, 1.54) is 9.58 Å². The largest absolute Gasteiger partial charge is 0.477 e. The van der Waals surface area contributed by atoms with Gasteiger partial charge in [0, 0.05) is 25.8 Å². The Morgan fingerprint density at radius 3 is 2.56 bits per heavy atom. The molecule has 1 aromatic heterocycles. The molecule has 0 saturated carbocycles. The first kappa shape index (κ1) is 17.7. The van der Waals surface area contributed by atoms with Crippen LogP contribution in [0.4, 0.5) is 14.5 Å². The number of hydrogen-bond donors (Lipinski definition) is 3. The summed E-state index contributed by atoms with van der Waals surface area (Å²) in [5.74, 6) is -3.42. The number of carboxylic acid groups (broad SMARTS) is 1. The van der Waals surface area contributed by atoms with Crippen molar-refractivity contribution in [3.8, 4) is 0 Å². The lowest BCUT2D eigenvalue weighted by Gasteiger charge is -2.25. The van der Waals surface area contributed by atoms with Gasteiger partial charge in [0.15, 0.2) is 5.82 Å². The zero-order valence-corrected chi connectivity index (χ0v) is 14.3. The highest BCUT2D eigenvalue weighted by Crippen LogP contribution is 2.34. The van der Waals surface area contributed by atoms with Gasteiger partial charge in [-0.25, -0.2) is 13.6 Å². The fraction of sp³-hybridized carbons (Fsp3) is 0.412. The van der Waals surface area contributed by atoms with E-state index >= 15 is 4.39 Å². The lowest BCUT2D eigenvalue weighted by atomic mass is 10.0. The van der Waals surface area contributed by atoms with Crippen LogP contribution in [0.15, 0.2) is 17.1 Å². The molecular formula is C17H18F2N4O4. The van der Waals surface area contributed by atoms with Gasteiger partial charge in [0.2, 0.25) is 5.43 Å². The summed E-state index contributed by atoms with van der Waals surface area (Å²) in [6, 6.07) is 0.863. The number of fused-ring (bicyclic) bond motifs is 1. The van der Waals surface area contributed by atoms with Gasteiger partial charge in [-0.1, -0.05) is 0 Å². The van der Waals surface area contributed by atoms with Crippen molar-refractivity contribution < 1.29 is 23.8 Å². The van der Waals surface area contributed by atoms with Gasteiger partial charge in [-0.05, 0) is 12.5 Å². The molecule has 1 unspecified atom stereocenters. The van der Waals surface area contributed by atoms with E-state index < -0.39 is 34.2 Å². The standard InChI is InChI=1S/C17H18F2N4O4/c18-11-5-9-13(12(19)14(11)21-2-1-17(27,7-20)8-21)23(22-3-4-22)6-10(15(9)24)16(25)26/h5-6,27H,1-4,7-8,20H2,(H,25,26). The smallest absolute Gasteiger partial charge is 0.341 e. The Hall–Kier alpha value is -2.72. The fourth-order valence-corrected chi connectivity index (χ4v) is 3.53. The van der Waals surface area contributed by atoms with Crippen molar-refractivity contribution in [3.05, 3.63) is 39.7 Å². The number of aromatic carboxylic acids is 1. The number of aromatic nitrogens is 1. The highest BCUT2D eigenvalue weighted by atomic mass is 19.1. The van der Waals surface area contributed by atoms with E-state index in [4.69, 9.17) is 5.73 Å². The number of hydrogen-bond acceptors (Lipinski definition) is 6. The fourth-order valence-electron chi connectivity index (χ4n) is 3.53. The number of aliphatic hydroxyl groups is 1. The summed E-state index contributed by atoms with van der Waals surface area (Å²) >= 11 is 0. The van der Waals surface area contributed by atoms with Crippen molar-refractivity contribution in [2.75, 3.05) is 42.6 Å². The van der Waals surface area contributed by atoms with Crippen LogP contribution >= 0.6 is 0 Å². The van der Waals surface area contributed by atoms with Crippen molar-refractivity contribution in [2.45, 2.75) is 12.0 Å². The molecule has 0 spiro atoms. The molecule has 2 aromatic rings. The molecule has 0 aliphatic carbocycles. The first-order valence-corrected chi connectivity index (χ1v) is 8.49.